The van der Waals surface area contributed by atoms with Crippen molar-refractivity contribution in [2.45, 2.75) is 32.1 Å². The van der Waals surface area contributed by atoms with Gasteiger partial charge in [0, 0.05) is 44.3 Å². The smallest absolute Gasteiger partial charge is 0.241 e. The Balaban J connectivity index is 1.51. The molecule has 0 radical (unpaired) electrons. The summed E-state index contributed by atoms with van der Waals surface area (Å²) in [6, 6.07) is 9.72. The van der Waals surface area contributed by atoms with E-state index >= 15 is 0 Å². The topological polar surface area (TPSA) is 43.9 Å². The van der Waals surface area contributed by atoms with Crippen LogP contribution >= 0.6 is 0 Å². The number of hydrogen-bond donors (Lipinski definition) is 0. The number of benzene rings is 1. The Morgan fingerprint density at radius 3 is 2.33 bits per heavy atom. The van der Waals surface area contributed by atoms with Gasteiger partial charge < -0.3 is 9.80 Å². The molecule has 0 N–H and O–H groups in total. The highest BCUT2D eigenvalue weighted by atomic mass is 16.2. The summed E-state index contributed by atoms with van der Waals surface area (Å²) in [7, 11) is 0. The van der Waals surface area contributed by atoms with Crippen LogP contribution in [-0.2, 0) is 9.59 Å². The van der Waals surface area contributed by atoms with E-state index in [-0.39, 0.29) is 11.8 Å². The lowest BCUT2D eigenvalue weighted by molar-refractivity contribution is -0.138. The number of hydrogen-bond acceptors (Lipinski definition) is 3. The SMILES string of the molecule is C=CCN(C(=O)CN1CCN(C(=O)C2CCCCC2)CC1)c1ccccc1. The lowest BCUT2D eigenvalue weighted by Gasteiger charge is -2.37. The van der Waals surface area contributed by atoms with Crippen molar-refractivity contribution in [2.24, 2.45) is 5.92 Å². The maximum atomic E-state index is 12.8. The highest BCUT2D eigenvalue weighted by Gasteiger charge is 2.29. The molecule has 2 aliphatic rings. The van der Waals surface area contributed by atoms with Crippen LogP contribution in [0.3, 0.4) is 0 Å². The molecule has 1 saturated carbocycles. The third-order valence-corrected chi connectivity index (χ3v) is 5.68. The van der Waals surface area contributed by atoms with Crippen molar-refractivity contribution in [1.82, 2.24) is 9.80 Å². The van der Waals surface area contributed by atoms with Crippen LogP contribution in [-0.4, -0.2) is 60.9 Å². The van der Waals surface area contributed by atoms with E-state index in [1.54, 1.807) is 11.0 Å². The van der Waals surface area contributed by atoms with Gasteiger partial charge in [-0.25, -0.2) is 0 Å². The van der Waals surface area contributed by atoms with Gasteiger partial charge in [-0.05, 0) is 25.0 Å². The predicted octanol–water partition coefficient (Wildman–Crippen LogP) is 2.93. The Hall–Kier alpha value is -2.14. The van der Waals surface area contributed by atoms with Crippen molar-refractivity contribution in [3.63, 3.8) is 0 Å². The third kappa shape index (κ3) is 5.19. The van der Waals surface area contributed by atoms with Crippen LogP contribution in [0.4, 0.5) is 5.69 Å². The molecule has 1 saturated heterocycles. The molecule has 0 bridgehead atoms. The molecule has 0 atom stereocenters. The molecule has 1 aromatic rings. The van der Waals surface area contributed by atoms with E-state index in [1.807, 2.05) is 35.2 Å². The molecular weight excluding hydrogens is 338 g/mol. The molecule has 1 heterocycles. The molecule has 1 aromatic carbocycles. The largest absolute Gasteiger partial charge is 0.340 e. The number of carbonyl (C=O) groups is 2. The standard InChI is InChI=1S/C22H31N3O2/c1-2-13-25(20-11-7-4-8-12-20)21(26)18-23-14-16-24(17-15-23)22(27)19-9-5-3-6-10-19/h2,4,7-8,11-12,19H,1,3,5-6,9-10,13-18H2. The van der Waals surface area contributed by atoms with Gasteiger partial charge in [0.25, 0.3) is 0 Å². The molecule has 2 amide bonds. The van der Waals surface area contributed by atoms with Crippen molar-refractivity contribution >= 4 is 17.5 Å². The summed E-state index contributed by atoms with van der Waals surface area (Å²) < 4.78 is 0. The Morgan fingerprint density at radius 2 is 1.70 bits per heavy atom. The van der Waals surface area contributed by atoms with Crippen LogP contribution in [0, 0.1) is 5.92 Å². The van der Waals surface area contributed by atoms with E-state index in [0.29, 0.717) is 19.0 Å². The zero-order chi connectivity index (χ0) is 19.1. The molecule has 0 aromatic heterocycles. The highest BCUT2D eigenvalue weighted by Crippen LogP contribution is 2.25. The van der Waals surface area contributed by atoms with Gasteiger partial charge in [-0.3, -0.25) is 14.5 Å². The minimum atomic E-state index is 0.0770. The summed E-state index contributed by atoms with van der Waals surface area (Å²) in [5.74, 6) is 0.638. The van der Waals surface area contributed by atoms with Gasteiger partial charge >= 0.3 is 0 Å². The summed E-state index contributed by atoms with van der Waals surface area (Å²) in [5, 5.41) is 0. The maximum absolute atomic E-state index is 12.8. The van der Waals surface area contributed by atoms with E-state index in [1.165, 1.54) is 19.3 Å². The quantitative estimate of drug-likeness (QED) is 0.724. The van der Waals surface area contributed by atoms with Gasteiger partial charge in [-0.2, -0.15) is 0 Å². The molecule has 5 heteroatoms. The van der Waals surface area contributed by atoms with Crippen molar-refractivity contribution in [2.75, 3.05) is 44.2 Å². The summed E-state index contributed by atoms with van der Waals surface area (Å²) in [5.41, 5.74) is 0.897. The van der Waals surface area contributed by atoms with E-state index < -0.39 is 0 Å². The lowest BCUT2D eigenvalue weighted by atomic mass is 9.88. The molecule has 5 nitrogen and oxygen atoms in total. The normalized spacial score (nSPS) is 18.9. The van der Waals surface area contributed by atoms with Crippen molar-refractivity contribution in [3.8, 4) is 0 Å². The second-order valence-electron chi connectivity index (χ2n) is 7.56. The molecule has 146 valence electrons. The zero-order valence-corrected chi connectivity index (χ0v) is 16.2. The Labute approximate surface area is 162 Å². The summed E-state index contributed by atoms with van der Waals surface area (Å²) in [6.07, 6.45) is 7.48. The summed E-state index contributed by atoms with van der Waals surface area (Å²) in [6.45, 7) is 7.66. The number of carbonyl (C=O) groups excluding carboxylic acids is 2. The average molecular weight is 370 g/mol. The van der Waals surface area contributed by atoms with Crippen LogP contribution in [0.5, 0.6) is 0 Å². The number of amides is 2. The first-order chi connectivity index (χ1) is 13.2. The summed E-state index contributed by atoms with van der Waals surface area (Å²) in [4.78, 5) is 31.4. The molecule has 1 aliphatic carbocycles. The third-order valence-electron chi connectivity index (χ3n) is 5.68. The fourth-order valence-electron chi connectivity index (χ4n) is 4.10. The van der Waals surface area contributed by atoms with Crippen molar-refractivity contribution in [1.29, 1.82) is 0 Å². The molecule has 3 rings (SSSR count). The number of anilines is 1. The molecule has 27 heavy (non-hydrogen) atoms. The second kappa shape index (κ2) is 9.70. The highest BCUT2D eigenvalue weighted by molar-refractivity contribution is 5.95. The number of rotatable bonds is 6. The van der Waals surface area contributed by atoms with Crippen molar-refractivity contribution in [3.05, 3.63) is 43.0 Å². The van der Waals surface area contributed by atoms with E-state index in [0.717, 1.165) is 44.7 Å². The van der Waals surface area contributed by atoms with Crippen LogP contribution < -0.4 is 4.90 Å². The van der Waals surface area contributed by atoms with Crippen LogP contribution in [0.2, 0.25) is 0 Å². The van der Waals surface area contributed by atoms with Crippen LogP contribution in [0.1, 0.15) is 32.1 Å². The van der Waals surface area contributed by atoms with Gasteiger partial charge in [0.1, 0.15) is 0 Å². The number of piperazine rings is 1. The first-order valence-electron chi connectivity index (χ1n) is 10.2. The van der Waals surface area contributed by atoms with Crippen LogP contribution in [0.15, 0.2) is 43.0 Å². The Bertz CT molecular complexity index is 632. The molecule has 1 aliphatic heterocycles. The van der Waals surface area contributed by atoms with Crippen molar-refractivity contribution < 1.29 is 9.59 Å². The molecular formula is C22H31N3O2. The first-order valence-corrected chi connectivity index (χ1v) is 10.2. The van der Waals surface area contributed by atoms with E-state index in [4.69, 9.17) is 0 Å². The van der Waals surface area contributed by atoms with Gasteiger partial charge in [0.05, 0.1) is 6.54 Å². The zero-order valence-electron chi connectivity index (χ0n) is 16.2. The second-order valence-corrected chi connectivity index (χ2v) is 7.56. The van der Waals surface area contributed by atoms with Gasteiger partial charge in [-0.15, -0.1) is 6.58 Å². The monoisotopic (exact) mass is 369 g/mol. The minimum absolute atomic E-state index is 0.0770. The predicted molar refractivity (Wildman–Crippen MR) is 109 cm³/mol. The number of para-hydroxylation sites is 1. The molecule has 2 fully saturated rings. The fraction of sp³-hybridized carbons (Fsp3) is 0.545. The fourth-order valence-corrected chi connectivity index (χ4v) is 4.10. The van der Waals surface area contributed by atoms with E-state index in [9.17, 15) is 9.59 Å². The lowest BCUT2D eigenvalue weighted by Crippen LogP contribution is -2.53. The van der Waals surface area contributed by atoms with E-state index in [2.05, 4.69) is 11.5 Å². The first kappa shape index (κ1) is 19.6. The van der Waals surface area contributed by atoms with Crippen LogP contribution in [0.25, 0.3) is 0 Å². The molecule has 0 spiro atoms. The van der Waals surface area contributed by atoms with Gasteiger partial charge in [-0.1, -0.05) is 43.5 Å². The minimum Gasteiger partial charge on any atom is -0.340 e. The average Bonchev–Trinajstić information content (AvgIpc) is 2.73. The van der Waals surface area contributed by atoms with Gasteiger partial charge in [0.15, 0.2) is 0 Å². The Kier molecular flexibility index (Phi) is 7.04. The maximum Gasteiger partial charge on any atom is 0.241 e. The molecule has 0 unspecified atom stereocenters. The Morgan fingerprint density at radius 1 is 1.04 bits per heavy atom. The summed E-state index contributed by atoms with van der Waals surface area (Å²) >= 11 is 0. The van der Waals surface area contributed by atoms with Gasteiger partial charge in [0.2, 0.25) is 11.8 Å². The number of nitrogens with zero attached hydrogens (tertiary/aromatic N) is 3.